The second-order valence-corrected chi connectivity index (χ2v) is 17.7. The van der Waals surface area contributed by atoms with Crippen LogP contribution in [0.15, 0.2) is 206 Å². The number of fused-ring (bicyclic) bond motifs is 4. The summed E-state index contributed by atoms with van der Waals surface area (Å²) in [6.45, 7) is -2.43. The lowest BCUT2D eigenvalue weighted by molar-refractivity contribution is 1.24. The highest BCUT2D eigenvalue weighted by Crippen LogP contribution is 2.44. The minimum Gasteiger partial charge on any atom is -0.311 e. The van der Waals surface area contributed by atoms with Crippen LogP contribution in [0.3, 0.4) is 0 Å². The molecule has 53 heavy (non-hydrogen) atoms. The van der Waals surface area contributed by atoms with E-state index < -0.39 is 14.9 Å². The predicted molar refractivity (Wildman–Crippen MR) is 229 cm³/mol. The lowest BCUT2D eigenvalue weighted by Gasteiger charge is -2.45. The Morgan fingerprint density at radius 1 is 0.396 bits per heavy atom. The van der Waals surface area contributed by atoms with Gasteiger partial charge in [0, 0.05) is 38.2 Å². The number of hydrogen-bond acceptors (Lipinski definition) is 2. The van der Waals surface area contributed by atoms with Gasteiger partial charge in [0.05, 0.1) is 0 Å². The molecule has 0 saturated carbocycles. The van der Waals surface area contributed by atoms with Crippen LogP contribution in [0.5, 0.6) is 0 Å². The largest absolute Gasteiger partial charge is 0.311 e. The summed E-state index contributed by atoms with van der Waals surface area (Å²) < 4.78 is 26.0. The van der Waals surface area contributed by atoms with Gasteiger partial charge in [0.1, 0.15) is 0 Å². The monoisotopic (exact) mass is 695 g/mol. The van der Waals surface area contributed by atoms with Crippen molar-refractivity contribution in [2.24, 2.45) is 0 Å². The van der Waals surface area contributed by atoms with Crippen molar-refractivity contribution in [1.82, 2.24) is 0 Å². The van der Waals surface area contributed by atoms with Gasteiger partial charge < -0.3 is 9.80 Å². The van der Waals surface area contributed by atoms with E-state index in [-0.39, 0.29) is 6.71 Å². The summed E-state index contributed by atoms with van der Waals surface area (Å²) in [4.78, 5) is 4.58. The molecule has 2 nitrogen and oxygen atoms in total. The molecule has 0 N–H and O–H groups in total. The van der Waals surface area contributed by atoms with Crippen LogP contribution in [0.1, 0.15) is 9.68 Å². The molecule has 2 aliphatic rings. The molecule has 0 aromatic heterocycles. The highest BCUT2D eigenvalue weighted by Gasteiger charge is 2.46. The Morgan fingerprint density at radius 3 is 1.51 bits per heavy atom. The standard InChI is InChI=1S/C49H37BN2Si/c1-36-19-14-16-29-44(36)52-46-34-33-41(53(38-22-8-3-9-23-38,39-24-10-4-11-25-39)40-26-12-5-13-27-40)35-43(46)50-42-28-15-17-30-45(42)51(37-20-6-2-7-21-37)47-31-18-32-48(52)49(47)50/h2-35H,1H3/i1D3. The van der Waals surface area contributed by atoms with E-state index in [1.807, 2.05) is 18.2 Å². The van der Waals surface area contributed by atoms with Crippen molar-refractivity contribution in [2.45, 2.75) is 6.85 Å². The first-order chi connectivity index (χ1) is 27.5. The van der Waals surface area contributed by atoms with Crippen molar-refractivity contribution >= 4 is 86.0 Å². The zero-order valence-electron chi connectivity index (χ0n) is 32.1. The second-order valence-electron chi connectivity index (χ2n) is 13.8. The molecule has 0 atom stereocenters. The molecule has 4 heteroatoms. The molecule has 0 bridgehead atoms. The lowest BCUT2D eigenvalue weighted by atomic mass is 9.33. The van der Waals surface area contributed by atoms with Gasteiger partial charge in [-0.2, -0.15) is 0 Å². The number of hydrogen-bond donors (Lipinski definition) is 0. The molecule has 0 fully saturated rings. The van der Waals surface area contributed by atoms with Crippen LogP contribution in [-0.2, 0) is 0 Å². The Morgan fingerprint density at radius 2 is 0.887 bits per heavy atom. The summed E-state index contributed by atoms with van der Waals surface area (Å²) in [6, 6.07) is 73.4. The molecular formula is C49H37BN2Si. The summed E-state index contributed by atoms with van der Waals surface area (Å²) in [6.07, 6.45) is 0. The Balaban J connectivity index is 1.33. The average Bonchev–Trinajstić information content (AvgIpc) is 3.25. The predicted octanol–water partition coefficient (Wildman–Crippen LogP) is 7.46. The summed E-state index contributed by atoms with van der Waals surface area (Å²) in [5.41, 5.74) is 9.78. The van der Waals surface area contributed by atoms with Crippen molar-refractivity contribution in [2.75, 3.05) is 9.80 Å². The Labute approximate surface area is 317 Å². The van der Waals surface area contributed by atoms with E-state index in [4.69, 9.17) is 4.11 Å². The van der Waals surface area contributed by atoms with Gasteiger partial charge in [0.2, 0.25) is 0 Å². The van der Waals surface area contributed by atoms with Gasteiger partial charge in [-0.3, -0.25) is 0 Å². The molecule has 0 spiro atoms. The van der Waals surface area contributed by atoms with E-state index >= 15 is 0 Å². The number of anilines is 6. The molecule has 250 valence electrons. The van der Waals surface area contributed by atoms with Gasteiger partial charge in [-0.05, 0) is 92.0 Å². The fraction of sp³-hybridized carbons (Fsp3) is 0.0204. The molecule has 0 unspecified atom stereocenters. The molecule has 0 saturated heterocycles. The molecule has 8 aromatic carbocycles. The number of benzene rings is 8. The molecule has 2 aliphatic heterocycles. The number of aryl methyl sites for hydroxylation is 1. The van der Waals surface area contributed by atoms with E-state index in [1.165, 1.54) is 26.2 Å². The lowest BCUT2D eigenvalue weighted by Crippen LogP contribution is -2.75. The van der Waals surface area contributed by atoms with Gasteiger partial charge in [0.15, 0.2) is 8.07 Å². The first-order valence-corrected chi connectivity index (χ1v) is 20.2. The molecule has 2 heterocycles. The summed E-state index contributed by atoms with van der Waals surface area (Å²) in [5, 5.41) is 5.18. The fourth-order valence-electron chi connectivity index (χ4n) is 8.97. The van der Waals surface area contributed by atoms with Crippen LogP contribution in [0.2, 0.25) is 0 Å². The normalized spacial score (nSPS) is 14.0. The van der Waals surface area contributed by atoms with Gasteiger partial charge in [0.25, 0.3) is 6.71 Å². The van der Waals surface area contributed by atoms with Gasteiger partial charge in [-0.1, -0.05) is 164 Å². The summed E-state index contributed by atoms with van der Waals surface area (Å²) >= 11 is 0. The first kappa shape index (κ1) is 28.3. The minimum atomic E-state index is -2.91. The van der Waals surface area contributed by atoms with Crippen molar-refractivity contribution in [1.29, 1.82) is 0 Å². The topological polar surface area (TPSA) is 6.48 Å². The fourth-order valence-corrected chi connectivity index (χ4v) is 13.8. The van der Waals surface area contributed by atoms with Crippen LogP contribution in [-0.4, -0.2) is 14.8 Å². The van der Waals surface area contributed by atoms with Crippen molar-refractivity contribution in [3.8, 4) is 0 Å². The second kappa shape index (κ2) is 12.7. The average molecular weight is 696 g/mol. The zero-order valence-corrected chi connectivity index (χ0v) is 30.1. The van der Waals surface area contributed by atoms with Gasteiger partial charge >= 0.3 is 0 Å². The van der Waals surface area contributed by atoms with E-state index in [1.54, 1.807) is 6.07 Å². The zero-order chi connectivity index (χ0) is 37.9. The van der Waals surface area contributed by atoms with E-state index in [0.29, 0.717) is 11.3 Å². The maximum absolute atomic E-state index is 8.68. The van der Waals surface area contributed by atoms with Crippen LogP contribution < -0.4 is 46.9 Å². The molecule has 8 aromatic rings. The van der Waals surface area contributed by atoms with Gasteiger partial charge in [-0.25, -0.2) is 0 Å². The van der Waals surface area contributed by atoms with Crippen LogP contribution in [0, 0.1) is 6.85 Å². The van der Waals surface area contributed by atoms with Crippen LogP contribution in [0.25, 0.3) is 0 Å². The Bertz CT molecular complexity index is 2610. The SMILES string of the molecule is [2H]C([2H])([2H])c1ccccc1N1c2ccc([Si](c3ccccc3)(c3ccccc3)c3ccccc3)cc2B2c3ccccc3N(c3ccccc3)c3cccc1c32. The Kier molecular flexibility index (Phi) is 6.77. The van der Waals surface area contributed by atoms with Crippen LogP contribution in [0.4, 0.5) is 34.1 Å². The summed E-state index contributed by atoms with van der Waals surface area (Å²) in [7, 11) is -2.91. The maximum atomic E-state index is 8.68. The molecule has 0 amide bonds. The maximum Gasteiger partial charge on any atom is 0.252 e. The van der Waals surface area contributed by atoms with Crippen molar-refractivity contribution in [3.63, 3.8) is 0 Å². The third kappa shape index (κ3) is 4.80. The third-order valence-corrected chi connectivity index (χ3v) is 15.9. The smallest absolute Gasteiger partial charge is 0.252 e. The van der Waals surface area contributed by atoms with E-state index in [0.717, 1.165) is 39.4 Å². The Hall–Kier alpha value is -6.36. The highest BCUT2D eigenvalue weighted by atomic mass is 28.3. The van der Waals surface area contributed by atoms with Crippen LogP contribution >= 0.6 is 0 Å². The first-order valence-electron chi connectivity index (χ1n) is 19.7. The quantitative estimate of drug-likeness (QED) is 0.132. The molecule has 0 aliphatic carbocycles. The number of nitrogens with zero attached hydrogens (tertiary/aromatic N) is 2. The number of rotatable bonds is 6. The van der Waals surface area contributed by atoms with E-state index in [2.05, 4.69) is 192 Å². The highest BCUT2D eigenvalue weighted by molar-refractivity contribution is 7.20. The molecule has 10 rings (SSSR count). The molecule has 0 radical (unpaired) electrons. The minimum absolute atomic E-state index is 0.113. The molecular weight excluding hydrogens is 655 g/mol. The number of para-hydroxylation sites is 3. The van der Waals surface area contributed by atoms with Gasteiger partial charge in [-0.15, -0.1) is 0 Å². The van der Waals surface area contributed by atoms with E-state index in [9.17, 15) is 0 Å². The van der Waals surface area contributed by atoms with Crippen molar-refractivity contribution in [3.05, 3.63) is 212 Å². The van der Waals surface area contributed by atoms with Crippen molar-refractivity contribution < 1.29 is 4.11 Å². The third-order valence-electron chi connectivity index (χ3n) is 11.1. The summed E-state index contributed by atoms with van der Waals surface area (Å²) in [5.74, 6) is 0.